The maximum absolute atomic E-state index is 9.97. The van der Waals surface area contributed by atoms with Crippen molar-refractivity contribution in [2.24, 2.45) is 0 Å². The van der Waals surface area contributed by atoms with Gasteiger partial charge in [-0.1, -0.05) is 17.5 Å². The average molecular weight is 356 g/mol. The van der Waals surface area contributed by atoms with Crippen molar-refractivity contribution in [2.75, 3.05) is 5.73 Å². The highest BCUT2D eigenvalue weighted by molar-refractivity contribution is 6.32. The largest absolute Gasteiger partial charge is 0.388 e. The van der Waals surface area contributed by atoms with Crippen LogP contribution in [0, 0.1) is 11.3 Å². The van der Waals surface area contributed by atoms with E-state index in [-0.39, 0.29) is 5.95 Å². The number of aliphatic hydroxyl groups is 1. The van der Waals surface area contributed by atoms with Crippen molar-refractivity contribution in [3.05, 3.63) is 12.5 Å². The number of fused-ring (bicyclic) bond motifs is 2. The summed E-state index contributed by atoms with van der Waals surface area (Å²) in [6.45, 7) is 1.56. The van der Waals surface area contributed by atoms with Crippen molar-refractivity contribution < 1.29 is 14.6 Å². The minimum absolute atomic E-state index is 0.0903. The second kappa shape index (κ2) is 4.69. The predicted octanol–water partition coefficient (Wildman–Crippen LogP) is 0.590. The van der Waals surface area contributed by atoms with Gasteiger partial charge < -0.3 is 20.3 Å². The molecule has 5 atom stereocenters. The van der Waals surface area contributed by atoms with Crippen molar-refractivity contribution in [2.45, 2.75) is 36.0 Å². The van der Waals surface area contributed by atoms with E-state index in [9.17, 15) is 5.11 Å². The summed E-state index contributed by atoms with van der Waals surface area (Å²) in [5.41, 5.74) is 6.59. The Morgan fingerprint density at radius 2 is 2.26 bits per heavy atom. The van der Waals surface area contributed by atoms with Gasteiger partial charge >= 0.3 is 0 Å². The molecular formula is C13H11Cl2N5O3. The van der Waals surface area contributed by atoms with Crippen molar-refractivity contribution in [3.8, 4) is 11.3 Å². The van der Waals surface area contributed by atoms with Gasteiger partial charge in [0.1, 0.15) is 11.6 Å². The van der Waals surface area contributed by atoms with Crippen LogP contribution in [0.3, 0.4) is 0 Å². The first kappa shape index (κ1) is 14.9. The number of alkyl halides is 1. The van der Waals surface area contributed by atoms with E-state index in [1.165, 1.54) is 12.5 Å². The fourth-order valence-corrected chi connectivity index (χ4v) is 3.49. The third-order valence-corrected chi connectivity index (χ3v) is 4.63. The van der Waals surface area contributed by atoms with E-state index in [0.717, 1.165) is 0 Å². The molecule has 2 aromatic rings. The zero-order chi connectivity index (χ0) is 16.4. The Bertz CT molecular complexity index is 862. The predicted molar refractivity (Wildman–Crippen MR) is 81.4 cm³/mol. The summed E-state index contributed by atoms with van der Waals surface area (Å²) in [7, 11) is 0. The van der Waals surface area contributed by atoms with Crippen LogP contribution in [0.1, 0.15) is 13.2 Å². The molecule has 0 aliphatic carbocycles. The number of hydrogen-bond donors (Lipinski definition) is 2. The van der Waals surface area contributed by atoms with E-state index in [0.29, 0.717) is 11.2 Å². The van der Waals surface area contributed by atoms with Crippen LogP contribution in [0.15, 0.2) is 12.5 Å². The van der Waals surface area contributed by atoms with E-state index >= 15 is 0 Å². The standard InChI is InChI=1S/C13H11Cl2N5O3/c1-6(21)13-9(22-13)12(15,2-3-14)10(23-13)20-5-18-7-4-17-11(16)19-8(7)20/h4-6,9-10,21H,1H3,(H2,16,17,19)/t6-,9?,10+,12?,13?/m0/s1. The van der Waals surface area contributed by atoms with Crippen molar-refractivity contribution >= 4 is 40.3 Å². The fraction of sp³-hybridized carbons (Fsp3) is 0.462. The molecule has 0 saturated carbocycles. The van der Waals surface area contributed by atoms with Crippen molar-refractivity contribution in [1.82, 2.24) is 19.5 Å². The number of aliphatic hydroxyl groups excluding tert-OH is 1. The quantitative estimate of drug-likeness (QED) is 0.460. The van der Waals surface area contributed by atoms with Crippen LogP contribution in [0.25, 0.3) is 11.2 Å². The first-order chi connectivity index (χ1) is 10.9. The first-order valence-electron chi connectivity index (χ1n) is 6.73. The first-order valence-corrected chi connectivity index (χ1v) is 7.48. The zero-order valence-corrected chi connectivity index (χ0v) is 13.3. The highest BCUT2D eigenvalue weighted by Crippen LogP contribution is 2.61. The van der Waals surface area contributed by atoms with Crippen molar-refractivity contribution in [3.63, 3.8) is 0 Å². The van der Waals surface area contributed by atoms with Crippen LogP contribution in [0.4, 0.5) is 5.95 Å². The van der Waals surface area contributed by atoms with Gasteiger partial charge in [0, 0.05) is 5.38 Å². The number of hydrogen-bond acceptors (Lipinski definition) is 7. The normalized spacial score (nSPS) is 36.3. The van der Waals surface area contributed by atoms with Crippen LogP contribution in [-0.4, -0.2) is 47.5 Å². The lowest BCUT2D eigenvalue weighted by atomic mass is 10.0. The number of imidazole rings is 1. The Morgan fingerprint density at radius 3 is 2.96 bits per heavy atom. The highest BCUT2D eigenvalue weighted by Gasteiger charge is 2.79. The van der Waals surface area contributed by atoms with Gasteiger partial charge in [-0.15, -0.1) is 0 Å². The van der Waals surface area contributed by atoms with Gasteiger partial charge in [-0.2, -0.15) is 4.98 Å². The number of halogens is 2. The fourth-order valence-electron chi connectivity index (χ4n) is 2.89. The van der Waals surface area contributed by atoms with Gasteiger partial charge in [0.05, 0.1) is 12.5 Å². The summed E-state index contributed by atoms with van der Waals surface area (Å²) < 4.78 is 13.0. The lowest BCUT2D eigenvalue weighted by Crippen LogP contribution is -2.34. The molecule has 8 nitrogen and oxygen atoms in total. The second-order valence-corrected chi connectivity index (χ2v) is 6.26. The van der Waals surface area contributed by atoms with Gasteiger partial charge in [-0.05, 0) is 18.5 Å². The summed E-state index contributed by atoms with van der Waals surface area (Å²) in [5, 5.41) is 12.2. The van der Waals surface area contributed by atoms with Gasteiger partial charge in [-0.3, -0.25) is 4.57 Å². The van der Waals surface area contributed by atoms with Gasteiger partial charge in [0.15, 0.2) is 22.9 Å². The number of nitrogens with zero attached hydrogens (tertiary/aromatic N) is 4. The number of rotatable bonds is 2. The summed E-state index contributed by atoms with van der Waals surface area (Å²) in [6, 6.07) is 0. The molecule has 2 aliphatic heterocycles. The smallest absolute Gasteiger partial charge is 0.227 e. The molecule has 3 N–H and O–H groups in total. The molecule has 2 aliphatic rings. The maximum atomic E-state index is 9.97. The Balaban J connectivity index is 1.86. The van der Waals surface area contributed by atoms with E-state index in [1.807, 2.05) is 0 Å². The summed E-state index contributed by atoms with van der Waals surface area (Å²) >= 11 is 12.2. The summed E-state index contributed by atoms with van der Waals surface area (Å²) in [4.78, 5) is 10.9. The van der Waals surface area contributed by atoms with Gasteiger partial charge in [0.25, 0.3) is 0 Å². The van der Waals surface area contributed by atoms with E-state index < -0.39 is 29.1 Å². The molecule has 0 amide bonds. The molecule has 0 bridgehead atoms. The Kier molecular flexibility index (Phi) is 3.04. The van der Waals surface area contributed by atoms with Gasteiger partial charge in [-0.25, -0.2) is 9.97 Å². The Labute approximate surface area is 140 Å². The van der Waals surface area contributed by atoms with E-state index in [4.69, 9.17) is 38.4 Å². The number of epoxide rings is 1. The Morgan fingerprint density at radius 1 is 1.48 bits per heavy atom. The molecule has 120 valence electrons. The lowest BCUT2D eigenvalue weighted by molar-refractivity contribution is -0.162. The summed E-state index contributed by atoms with van der Waals surface area (Å²) in [5.74, 6) is 1.58. The van der Waals surface area contributed by atoms with Crippen LogP contribution in [-0.2, 0) is 9.47 Å². The van der Waals surface area contributed by atoms with Crippen LogP contribution >= 0.6 is 23.2 Å². The molecule has 2 aromatic heterocycles. The minimum atomic E-state index is -1.30. The molecule has 4 rings (SSSR count). The Hall–Kier alpha value is -1.63. The highest BCUT2D eigenvalue weighted by atomic mass is 35.5. The topological polar surface area (TPSA) is 112 Å². The molecule has 2 saturated heterocycles. The third-order valence-electron chi connectivity index (χ3n) is 4.06. The molecule has 0 aromatic carbocycles. The minimum Gasteiger partial charge on any atom is -0.388 e. The molecule has 4 heterocycles. The third kappa shape index (κ3) is 1.89. The SMILES string of the molecule is C[C@H](O)C12OC1C(Cl)(C#CCl)[C@H](n1cnc3cnc(N)nc31)O2. The molecule has 10 heteroatoms. The number of anilines is 1. The van der Waals surface area contributed by atoms with E-state index in [2.05, 4.69) is 26.3 Å². The monoisotopic (exact) mass is 355 g/mol. The van der Waals surface area contributed by atoms with Crippen LogP contribution in [0.5, 0.6) is 0 Å². The maximum Gasteiger partial charge on any atom is 0.227 e. The second-order valence-electron chi connectivity index (χ2n) is 5.44. The lowest BCUT2D eigenvalue weighted by Gasteiger charge is -2.26. The van der Waals surface area contributed by atoms with E-state index in [1.54, 1.807) is 11.5 Å². The van der Waals surface area contributed by atoms with Crippen molar-refractivity contribution in [1.29, 1.82) is 0 Å². The zero-order valence-electron chi connectivity index (χ0n) is 11.8. The molecule has 2 fully saturated rings. The average Bonchev–Trinajstić information content (AvgIpc) is 3.04. The molecule has 0 radical (unpaired) electrons. The molecule has 0 spiro atoms. The molecule has 23 heavy (non-hydrogen) atoms. The van der Waals surface area contributed by atoms with Gasteiger partial charge in [0.2, 0.25) is 11.7 Å². The number of ether oxygens (including phenoxy) is 2. The number of nitrogen functional groups attached to an aromatic ring is 1. The molecular weight excluding hydrogens is 345 g/mol. The van der Waals surface area contributed by atoms with Crippen LogP contribution in [0.2, 0.25) is 0 Å². The number of aromatic nitrogens is 4. The van der Waals surface area contributed by atoms with Crippen LogP contribution < -0.4 is 5.73 Å². The summed E-state index contributed by atoms with van der Waals surface area (Å²) in [6.07, 6.45) is 0.639. The molecule has 3 unspecified atom stereocenters. The number of nitrogens with two attached hydrogens (primary N) is 1.